The summed E-state index contributed by atoms with van der Waals surface area (Å²) in [5.41, 5.74) is 1.14. The van der Waals surface area contributed by atoms with Gasteiger partial charge in [-0.05, 0) is 63.2 Å². The molecule has 4 amide bonds. The quantitative estimate of drug-likeness (QED) is 0.296. The Morgan fingerprint density at radius 3 is 2.52 bits per heavy atom. The summed E-state index contributed by atoms with van der Waals surface area (Å²) < 4.78 is 26.5. The van der Waals surface area contributed by atoms with Gasteiger partial charge in [0.2, 0.25) is 11.8 Å². The number of amides is 4. The summed E-state index contributed by atoms with van der Waals surface area (Å²) in [7, 11) is 0. The highest BCUT2D eigenvalue weighted by Crippen LogP contribution is 2.37. The second-order valence-electron chi connectivity index (χ2n) is 14.4. The SMILES string of the molecule is O=C1CCC(N2C(=O)c3cccc(N4CC(CN5CCC(COc6cc(F)c7c(=O)[nH]c(CSC8CCOCC8)nc7c6)CC5)C4)c3C2=O)C(=O)N1. The fourth-order valence-corrected chi connectivity index (χ4v) is 9.05. The van der Waals surface area contributed by atoms with Crippen LogP contribution in [-0.2, 0) is 20.1 Å². The third-order valence-electron chi connectivity index (χ3n) is 10.9. The monoisotopic (exact) mass is 732 g/mol. The first-order valence-electron chi connectivity index (χ1n) is 18.1. The number of hydrogen-bond acceptors (Lipinski definition) is 11. The largest absolute Gasteiger partial charge is 0.493 e. The van der Waals surface area contributed by atoms with E-state index in [1.54, 1.807) is 30.0 Å². The lowest BCUT2D eigenvalue weighted by molar-refractivity contribution is -0.136. The van der Waals surface area contributed by atoms with Crippen LogP contribution in [0, 0.1) is 17.7 Å². The van der Waals surface area contributed by atoms with Crippen molar-refractivity contribution in [2.24, 2.45) is 11.8 Å². The van der Waals surface area contributed by atoms with Crippen molar-refractivity contribution in [3.63, 3.8) is 0 Å². The Bertz CT molecular complexity index is 1970. The van der Waals surface area contributed by atoms with Crippen LogP contribution in [0.15, 0.2) is 35.1 Å². The zero-order valence-electron chi connectivity index (χ0n) is 28.7. The van der Waals surface area contributed by atoms with Crippen molar-refractivity contribution in [3.8, 4) is 5.75 Å². The lowest BCUT2D eigenvalue weighted by Gasteiger charge is -2.44. The number of halogens is 1. The van der Waals surface area contributed by atoms with Crippen molar-refractivity contribution >= 4 is 52.0 Å². The Morgan fingerprint density at radius 1 is 0.962 bits per heavy atom. The van der Waals surface area contributed by atoms with Gasteiger partial charge in [-0.1, -0.05) is 6.07 Å². The summed E-state index contributed by atoms with van der Waals surface area (Å²) in [5, 5.41) is 2.64. The Labute approximate surface area is 303 Å². The molecule has 1 atom stereocenters. The van der Waals surface area contributed by atoms with E-state index < -0.39 is 41.0 Å². The average Bonchev–Trinajstić information content (AvgIpc) is 3.37. The summed E-state index contributed by atoms with van der Waals surface area (Å²) in [6, 6.07) is 7.17. The van der Waals surface area contributed by atoms with Crippen LogP contribution in [0.2, 0.25) is 0 Å². The van der Waals surface area contributed by atoms with E-state index in [1.165, 1.54) is 6.07 Å². The molecule has 8 rings (SSSR count). The number of nitrogens with zero attached hydrogens (tertiary/aromatic N) is 4. The van der Waals surface area contributed by atoms with Crippen molar-refractivity contribution in [1.29, 1.82) is 0 Å². The number of thioether (sulfide) groups is 1. The van der Waals surface area contributed by atoms with Crippen molar-refractivity contribution in [2.45, 2.75) is 55.6 Å². The molecule has 4 fully saturated rings. The van der Waals surface area contributed by atoms with Crippen LogP contribution in [0.3, 0.4) is 0 Å². The van der Waals surface area contributed by atoms with Gasteiger partial charge in [-0.3, -0.25) is 34.2 Å². The Kier molecular flexibility index (Phi) is 9.74. The van der Waals surface area contributed by atoms with E-state index in [-0.39, 0.29) is 18.2 Å². The van der Waals surface area contributed by atoms with Gasteiger partial charge in [0, 0.05) is 62.6 Å². The molecule has 2 aromatic carbocycles. The van der Waals surface area contributed by atoms with E-state index in [9.17, 15) is 24.0 Å². The zero-order chi connectivity index (χ0) is 35.9. The van der Waals surface area contributed by atoms with Crippen LogP contribution in [-0.4, -0.2) is 107 Å². The highest BCUT2D eigenvalue weighted by atomic mass is 32.2. The van der Waals surface area contributed by atoms with Crippen molar-refractivity contribution < 1.29 is 33.0 Å². The van der Waals surface area contributed by atoms with Gasteiger partial charge < -0.3 is 24.3 Å². The Hall–Kier alpha value is -4.34. The molecule has 3 aromatic rings. The second-order valence-corrected chi connectivity index (χ2v) is 15.7. The molecule has 5 aliphatic heterocycles. The normalized spacial score (nSPS) is 22.2. The third-order valence-corrected chi connectivity index (χ3v) is 12.2. The molecule has 1 unspecified atom stereocenters. The molecule has 0 spiro atoms. The molecule has 0 aliphatic carbocycles. The number of H-pyrrole nitrogens is 1. The van der Waals surface area contributed by atoms with E-state index in [1.807, 2.05) is 6.07 Å². The van der Waals surface area contributed by atoms with E-state index in [2.05, 4.69) is 25.1 Å². The van der Waals surface area contributed by atoms with Crippen LogP contribution < -0.4 is 20.5 Å². The topological polar surface area (TPSA) is 154 Å². The lowest BCUT2D eigenvalue weighted by Crippen LogP contribution is -2.54. The van der Waals surface area contributed by atoms with Gasteiger partial charge in [0.05, 0.1) is 34.7 Å². The molecule has 15 heteroatoms. The summed E-state index contributed by atoms with van der Waals surface area (Å²) in [6.45, 7) is 6.18. The Morgan fingerprint density at radius 2 is 1.75 bits per heavy atom. The first-order valence-corrected chi connectivity index (χ1v) is 19.1. The van der Waals surface area contributed by atoms with Gasteiger partial charge in [-0.2, -0.15) is 11.8 Å². The van der Waals surface area contributed by atoms with Gasteiger partial charge in [-0.15, -0.1) is 0 Å². The molecular weight excluding hydrogens is 692 g/mol. The number of imide groups is 2. The minimum absolute atomic E-state index is 0.0547. The number of fused-ring (bicyclic) bond motifs is 2. The molecule has 1 aromatic heterocycles. The third kappa shape index (κ3) is 6.93. The maximum absolute atomic E-state index is 15.0. The number of carbonyl (C=O) groups excluding carboxylic acids is 4. The molecule has 0 radical (unpaired) electrons. The predicted octanol–water partition coefficient (Wildman–Crippen LogP) is 3.10. The van der Waals surface area contributed by atoms with Crippen molar-refractivity contribution in [3.05, 3.63) is 63.5 Å². The van der Waals surface area contributed by atoms with Gasteiger partial charge in [0.25, 0.3) is 17.4 Å². The number of aromatic nitrogens is 2. The van der Waals surface area contributed by atoms with E-state index in [0.29, 0.717) is 63.4 Å². The molecule has 5 aliphatic rings. The molecule has 13 nitrogen and oxygen atoms in total. The summed E-state index contributed by atoms with van der Waals surface area (Å²) in [4.78, 5) is 76.4. The molecule has 0 bridgehead atoms. The van der Waals surface area contributed by atoms with Crippen molar-refractivity contribution in [1.82, 2.24) is 25.1 Å². The van der Waals surface area contributed by atoms with Gasteiger partial charge in [0.15, 0.2) is 0 Å². The first kappa shape index (κ1) is 34.7. The maximum Gasteiger partial charge on any atom is 0.264 e. The fraction of sp³-hybridized carbons (Fsp3) is 0.514. The van der Waals surface area contributed by atoms with Gasteiger partial charge >= 0.3 is 0 Å². The highest BCUT2D eigenvalue weighted by molar-refractivity contribution is 7.99. The van der Waals surface area contributed by atoms with Gasteiger partial charge in [-0.25, -0.2) is 9.37 Å². The lowest BCUT2D eigenvalue weighted by atomic mass is 9.93. The molecule has 0 saturated carbocycles. The predicted molar refractivity (Wildman–Crippen MR) is 191 cm³/mol. The van der Waals surface area contributed by atoms with Crippen LogP contribution in [0.25, 0.3) is 10.9 Å². The molecule has 2 N–H and O–H groups in total. The highest BCUT2D eigenvalue weighted by Gasteiger charge is 2.47. The summed E-state index contributed by atoms with van der Waals surface area (Å²) in [5.74, 6) is -0.486. The minimum atomic E-state index is -0.989. The molecule has 4 saturated heterocycles. The van der Waals surface area contributed by atoms with Gasteiger partial charge in [0.1, 0.15) is 28.8 Å². The van der Waals surface area contributed by atoms with E-state index in [0.717, 1.165) is 76.5 Å². The smallest absolute Gasteiger partial charge is 0.264 e. The molecule has 274 valence electrons. The maximum atomic E-state index is 15.0. The summed E-state index contributed by atoms with van der Waals surface area (Å²) >= 11 is 1.73. The van der Waals surface area contributed by atoms with Crippen molar-refractivity contribution in [2.75, 3.05) is 57.4 Å². The number of aromatic amines is 1. The molecule has 52 heavy (non-hydrogen) atoms. The number of nitrogens with one attached hydrogen (secondary N) is 2. The average molecular weight is 733 g/mol. The number of ether oxygens (including phenoxy) is 2. The number of rotatable bonds is 10. The van der Waals surface area contributed by atoms with Crippen LogP contribution in [0.5, 0.6) is 5.75 Å². The fourth-order valence-electron chi connectivity index (χ4n) is 8.00. The standard InChI is InChI=1S/C37H41FN6O7S/c38-26-14-23(15-27-33(26)35(47)40-30(39-27)20-52-24-8-12-50-13-9-24)51-19-21-6-10-42(11-7-21)16-22-17-43(18-22)28-3-1-2-25-32(28)37(49)44(36(25)48)29-4-5-31(45)41-34(29)46/h1-3,14-15,21-22,24,29H,4-13,16-20H2,(H,39,40,47)(H,41,45,46). The molecular formula is C37H41FN6O7S. The number of anilines is 1. The number of likely N-dealkylation sites (tertiary alicyclic amines) is 1. The summed E-state index contributed by atoms with van der Waals surface area (Å²) in [6.07, 6.45) is 4.02. The first-order chi connectivity index (χ1) is 25.2. The Balaban J connectivity index is 0.816. The number of hydrogen-bond donors (Lipinski definition) is 2. The second kappa shape index (κ2) is 14.6. The van der Waals surface area contributed by atoms with Crippen LogP contribution in [0.1, 0.15) is 65.1 Å². The van der Waals surface area contributed by atoms with Crippen LogP contribution >= 0.6 is 11.8 Å². The number of benzene rings is 2. The van der Waals surface area contributed by atoms with Crippen LogP contribution in [0.4, 0.5) is 10.1 Å². The zero-order valence-corrected chi connectivity index (χ0v) is 29.6. The number of carbonyl (C=O) groups is 4. The number of piperidine rings is 2. The van der Waals surface area contributed by atoms with E-state index in [4.69, 9.17) is 9.47 Å². The van der Waals surface area contributed by atoms with E-state index >= 15 is 4.39 Å². The molecule has 6 heterocycles. The minimum Gasteiger partial charge on any atom is -0.493 e.